The number of nitrogens with zero attached hydrogens (tertiary/aromatic N) is 1. The summed E-state index contributed by atoms with van der Waals surface area (Å²) in [5.41, 5.74) is 0.248. The van der Waals surface area contributed by atoms with Crippen LogP contribution >= 0.6 is 0 Å². The van der Waals surface area contributed by atoms with Gasteiger partial charge in [0.05, 0.1) is 13.2 Å². The fourth-order valence-electron chi connectivity index (χ4n) is 3.67. The Bertz CT molecular complexity index is 267. The Morgan fingerprint density at radius 3 is 2.95 bits per heavy atom. The fourth-order valence-corrected chi connectivity index (χ4v) is 3.67. The number of aliphatic hydroxyl groups excluding tert-OH is 1. The first kappa shape index (κ1) is 16.2. The molecule has 118 valence electrons. The fraction of sp³-hybridized carbons (Fsp3) is 1.00. The lowest BCUT2D eigenvalue weighted by atomic mass is 9.80. The smallest absolute Gasteiger partial charge is 0.0586 e. The Balaban J connectivity index is 1.94. The summed E-state index contributed by atoms with van der Waals surface area (Å²) >= 11 is 0. The van der Waals surface area contributed by atoms with Gasteiger partial charge < -0.3 is 15.2 Å². The van der Waals surface area contributed by atoms with Crippen LogP contribution in [0.25, 0.3) is 0 Å². The highest BCUT2D eigenvalue weighted by Gasteiger charge is 2.36. The average Bonchev–Trinajstić information content (AvgIpc) is 2.49. The molecular formula is C16H32N2O2. The third kappa shape index (κ3) is 4.42. The molecule has 0 bridgehead atoms. The van der Waals surface area contributed by atoms with Crippen molar-refractivity contribution in [2.24, 2.45) is 5.41 Å². The van der Waals surface area contributed by atoms with E-state index >= 15 is 0 Å². The lowest BCUT2D eigenvalue weighted by molar-refractivity contribution is -0.0426. The summed E-state index contributed by atoms with van der Waals surface area (Å²) in [6, 6.07) is 0.369. The minimum absolute atomic E-state index is 0.248. The van der Waals surface area contributed by atoms with E-state index in [-0.39, 0.29) is 5.41 Å². The molecule has 0 aromatic carbocycles. The first-order chi connectivity index (χ1) is 9.79. The maximum atomic E-state index is 9.60. The number of hydrogen-bond acceptors (Lipinski definition) is 4. The third-order valence-corrected chi connectivity index (χ3v) is 4.83. The topological polar surface area (TPSA) is 44.7 Å². The maximum absolute atomic E-state index is 9.60. The first-order valence-electron chi connectivity index (χ1n) is 8.43. The van der Waals surface area contributed by atoms with Gasteiger partial charge in [-0.15, -0.1) is 0 Å². The van der Waals surface area contributed by atoms with Crippen molar-refractivity contribution in [1.29, 1.82) is 0 Å². The zero-order valence-electron chi connectivity index (χ0n) is 13.1. The number of hydrogen-bond donors (Lipinski definition) is 2. The number of rotatable bonds is 7. The highest BCUT2D eigenvalue weighted by atomic mass is 16.5. The minimum atomic E-state index is 0.248. The van der Waals surface area contributed by atoms with E-state index in [2.05, 4.69) is 17.1 Å². The Morgan fingerprint density at radius 1 is 1.35 bits per heavy atom. The van der Waals surface area contributed by atoms with Crippen LogP contribution in [0.4, 0.5) is 0 Å². The molecule has 4 heteroatoms. The standard InChI is InChI=1S/C16H32N2O2/c1-2-8-17-12-16(7-5-10-20-14-16)13-18-9-4-3-6-15(18)11-19/h15,17,19H,2-14H2,1H3. The molecule has 2 saturated heterocycles. The summed E-state index contributed by atoms with van der Waals surface area (Å²) in [4.78, 5) is 2.52. The molecule has 0 aromatic rings. The van der Waals surface area contributed by atoms with Crippen molar-refractivity contribution >= 4 is 0 Å². The van der Waals surface area contributed by atoms with Crippen LogP contribution in [0.15, 0.2) is 0 Å². The molecule has 0 aliphatic carbocycles. The molecule has 0 spiro atoms. The van der Waals surface area contributed by atoms with Crippen LogP contribution in [0, 0.1) is 5.41 Å². The summed E-state index contributed by atoms with van der Waals surface area (Å²) in [6.45, 7) is 8.66. The predicted octanol–water partition coefficient (Wildman–Crippen LogP) is 1.63. The molecule has 0 aromatic heterocycles. The Morgan fingerprint density at radius 2 is 2.25 bits per heavy atom. The van der Waals surface area contributed by atoms with Gasteiger partial charge in [0.25, 0.3) is 0 Å². The number of likely N-dealkylation sites (tertiary alicyclic amines) is 1. The Kier molecular flexibility index (Phi) is 6.75. The second-order valence-corrected chi connectivity index (χ2v) is 6.64. The molecule has 2 fully saturated rings. The molecule has 2 N–H and O–H groups in total. The van der Waals surface area contributed by atoms with Crippen molar-refractivity contribution in [2.45, 2.75) is 51.5 Å². The highest BCUT2D eigenvalue weighted by Crippen LogP contribution is 2.31. The van der Waals surface area contributed by atoms with Gasteiger partial charge in [0.1, 0.15) is 0 Å². The van der Waals surface area contributed by atoms with Gasteiger partial charge in [-0.1, -0.05) is 13.3 Å². The van der Waals surface area contributed by atoms with Gasteiger partial charge in [-0.25, -0.2) is 0 Å². The summed E-state index contributed by atoms with van der Waals surface area (Å²) < 4.78 is 5.80. The van der Waals surface area contributed by atoms with Gasteiger partial charge in [-0.2, -0.15) is 0 Å². The van der Waals surface area contributed by atoms with Gasteiger partial charge in [0.2, 0.25) is 0 Å². The average molecular weight is 284 g/mol. The molecule has 2 heterocycles. The normalized spacial score (nSPS) is 32.4. The highest BCUT2D eigenvalue weighted by molar-refractivity contribution is 4.90. The van der Waals surface area contributed by atoms with Crippen LogP contribution in [0.3, 0.4) is 0 Å². The molecule has 0 saturated carbocycles. The summed E-state index contributed by atoms with van der Waals surface area (Å²) in [5.74, 6) is 0. The predicted molar refractivity (Wildman–Crippen MR) is 81.9 cm³/mol. The third-order valence-electron chi connectivity index (χ3n) is 4.83. The van der Waals surface area contributed by atoms with Crippen LogP contribution < -0.4 is 5.32 Å². The van der Waals surface area contributed by atoms with E-state index in [1.54, 1.807) is 0 Å². The number of nitrogens with one attached hydrogen (secondary N) is 1. The van der Waals surface area contributed by atoms with Crippen molar-refractivity contribution in [3.63, 3.8) is 0 Å². The molecule has 2 rings (SSSR count). The second-order valence-electron chi connectivity index (χ2n) is 6.64. The Hall–Kier alpha value is -0.160. The van der Waals surface area contributed by atoms with E-state index in [4.69, 9.17) is 4.74 Å². The molecule has 4 nitrogen and oxygen atoms in total. The van der Waals surface area contributed by atoms with Gasteiger partial charge in [-0.05, 0) is 45.2 Å². The molecule has 20 heavy (non-hydrogen) atoms. The lowest BCUT2D eigenvalue weighted by Crippen LogP contribution is -2.53. The molecule has 0 amide bonds. The van der Waals surface area contributed by atoms with Crippen molar-refractivity contribution in [3.8, 4) is 0 Å². The van der Waals surface area contributed by atoms with Crippen LogP contribution in [0.1, 0.15) is 45.4 Å². The van der Waals surface area contributed by atoms with Crippen LogP contribution in [-0.4, -0.2) is 62.0 Å². The first-order valence-corrected chi connectivity index (χ1v) is 8.43. The number of piperidine rings is 1. The van der Waals surface area contributed by atoms with Crippen molar-refractivity contribution in [1.82, 2.24) is 10.2 Å². The van der Waals surface area contributed by atoms with E-state index in [0.717, 1.165) is 45.8 Å². The zero-order valence-corrected chi connectivity index (χ0v) is 13.1. The number of ether oxygens (including phenoxy) is 1. The largest absolute Gasteiger partial charge is 0.395 e. The molecular weight excluding hydrogens is 252 g/mol. The van der Waals surface area contributed by atoms with Gasteiger partial charge in [0, 0.05) is 31.2 Å². The van der Waals surface area contributed by atoms with Crippen LogP contribution in [0.2, 0.25) is 0 Å². The molecule has 2 aliphatic heterocycles. The van der Waals surface area contributed by atoms with E-state index in [1.807, 2.05) is 0 Å². The van der Waals surface area contributed by atoms with Crippen molar-refractivity contribution < 1.29 is 9.84 Å². The zero-order chi connectivity index (χ0) is 14.3. The van der Waals surface area contributed by atoms with E-state index in [0.29, 0.717) is 12.6 Å². The van der Waals surface area contributed by atoms with Crippen LogP contribution in [0.5, 0.6) is 0 Å². The lowest BCUT2D eigenvalue weighted by Gasteiger charge is -2.44. The van der Waals surface area contributed by atoms with Gasteiger partial charge in [0.15, 0.2) is 0 Å². The molecule has 2 aliphatic rings. The summed E-state index contributed by atoms with van der Waals surface area (Å²) in [7, 11) is 0. The monoisotopic (exact) mass is 284 g/mol. The Labute approximate surface area is 123 Å². The molecule has 2 unspecified atom stereocenters. The van der Waals surface area contributed by atoms with Crippen molar-refractivity contribution in [3.05, 3.63) is 0 Å². The van der Waals surface area contributed by atoms with Gasteiger partial charge in [-0.3, -0.25) is 4.90 Å². The number of aliphatic hydroxyl groups is 1. The second kappa shape index (κ2) is 8.32. The molecule has 2 atom stereocenters. The van der Waals surface area contributed by atoms with Crippen molar-refractivity contribution in [2.75, 3.05) is 46.0 Å². The van der Waals surface area contributed by atoms with Gasteiger partial charge >= 0.3 is 0 Å². The SMILES string of the molecule is CCCNCC1(CN2CCCCC2CO)CCCOC1. The minimum Gasteiger partial charge on any atom is -0.395 e. The quantitative estimate of drug-likeness (QED) is 0.698. The maximum Gasteiger partial charge on any atom is 0.0586 e. The van der Waals surface area contributed by atoms with E-state index < -0.39 is 0 Å². The van der Waals surface area contributed by atoms with E-state index in [1.165, 1.54) is 32.1 Å². The van der Waals surface area contributed by atoms with Crippen LogP contribution in [-0.2, 0) is 4.74 Å². The summed E-state index contributed by atoms with van der Waals surface area (Å²) in [5, 5.41) is 13.2. The summed E-state index contributed by atoms with van der Waals surface area (Å²) in [6.07, 6.45) is 7.29. The van der Waals surface area contributed by atoms with E-state index in [9.17, 15) is 5.11 Å². The molecule has 0 radical (unpaired) electrons.